The third kappa shape index (κ3) is 3.14. The number of hydrazine groups is 1. The number of nitrogens with one attached hydrogen (secondary N) is 2. The van der Waals surface area contributed by atoms with Crippen molar-refractivity contribution in [2.45, 2.75) is 10.5 Å². The van der Waals surface area contributed by atoms with Crippen LogP contribution in [0.5, 0.6) is 0 Å². The molecule has 10 heteroatoms. The summed E-state index contributed by atoms with van der Waals surface area (Å²) in [6.07, 6.45) is 2.48. The number of anilines is 1. The zero-order chi connectivity index (χ0) is 16.4. The van der Waals surface area contributed by atoms with Crippen molar-refractivity contribution in [3.8, 4) is 0 Å². The second kappa shape index (κ2) is 5.72. The average Bonchev–Trinajstić information content (AvgIpc) is 2.44. The first-order chi connectivity index (χ1) is 10.2. The summed E-state index contributed by atoms with van der Waals surface area (Å²) in [4.78, 5) is 0. The molecule has 0 aromatic heterocycles. The fraction of sp³-hybridized carbons (Fsp3) is 0.167. The number of hydrogen-bond donors (Lipinski definition) is 4. The normalized spacial score (nSPS) is 17.6. The van der Waals surface area contributed by atoms with Crippen LogP contribution in [0.15, 0.2) is 54.3 Å². The third-order valence-electron chi connectivity index (χ3n) is 3.12. The Morgan fingerprint density at radius 1 is 0.955 bits per heavy atom. The molecule has 0 saturated heterocycles. The van der Waals surface area contributed by atoms with Gasteiger partial charge in [0.05, 0.1) is 5.69 Å². The molecule has 1 aromatic rings. The topological polar surface area (TPSA) is 133 Å². The van der Waals surface area contributed by atoms with Gasteiger partial charge in [-0.3, -0.25) is 9.11 Å². The lowest BCUT2D eigenvalue weighted by molar-refractivity contribution is 0.437. The summed E-state index contributed by atoms with van der Waals surface area (Å²) in [6.45, 7) is 0. The molecule has 1 aliphatic rings. The molecule has 0 bridgehead atoms. The van der Waals surface area contributed by atoms with Gasteiger partial charge in [0.25, 0.3) is 20.2 Å². The summed E-state index contributed by atoms with van der Waals surface area (Å²) in [5, 5.41) is 0. The molecule has 22 heavy (non-hydrogen) atoms. The van der Waals surface area contributed by atoms with Gasteiger partial charge in [-0.05, 0) is 24.3 Å². The molecule has 0 fully saturated rings. The fourth-order valence-electron chi connectivity index (χ4n) is 1.88. The van der Waals surface area contributed by atoms with Crippen LogP contribution in [-0.4, -0.2) is 30.0 Å². The minimum absolute atomic E-state index is 0.381. The average molecular weight is 346 g/mol. The lowest BCUT2D eigenvalue weighted by atomic mass is 10.1. The summed E-state index contributed by atoms with van der Waals surface area (Å²) >= 11 is 0. The number of rotatable bonds is 5. The van der Waals surface area contributed by atoms with E-state index in [1.807, 2.05) is 6.07 Å². The highest BCUT2D eigenvalue weighted by Gasteiger charge is 2.52. The molecular formula is C12H14N2O6S2. The van der Waals surface area contributed by atoms with Gasteiger partial charge in [0.15, 0.2) is 0 Å². The monoisotopic (exact) mass is 346 g/mol. The van der Waals surface area contributed by atoms with Crippen molar-refractivity contribution in [3.05, 3.63) is 54.3 Å². The first-order valence-corrected chi connectivity index (χ1v) is 8.94. The highest BCUT2D eigenvalue weighted by Crippen LogP contribution is 2.33. The molecule has 120 valence electrons. The number of para-hydroxylation sites is 1. The summed E-state index contributed by atoms with van der Waals surface area (Å²) in [7, 11) is -10.1. The maximum Gasteiger partial charge on any atom is 0.291 e. The zero-order valence-corrected chi connectivity index (χ0v) is 12.8. The van der Waals surface area contributed by atoms with E-state index in [0.717, 1.165) is 17.8 Å². The SMILES string of the molecule is O=S(=O)(O)C1(S(=O)(=O)O)C=CC(NNc2ccccc2)=CC1. The Labute approximate surface area is 128 Å². The van der Waals surface area contributed by atoms with Gasteiger partial charge in [0.2, 0.25) is 4.08 Å². The van der Waals surface area contributed by atoms with E-state index in [9.17, 15) is 16.8 Å². The van der Waals surface area contributed by atoms with Crippen molar-refractivity contribution in [1.29, 1.82) is 0 Å². The maximum atomic E-state index is 11.3. The molecule has 0 radical (unpaired) electrons. The van der Waals surface area contributed by atoms with E-state index in [1.165, 1.54) is 6.08 Å². The van der Waals surface area contributed by atoms with Gasteiger partial charge < -0.3 is 10.9 Å². The summed E-state index contributed by atoms with van der Waals surface area (Å²) in [5.74, 6) is 0. The molecule has 0 heterocycles. The van der Waals surface area contributed by atoms with Crippen molar-refractivity contribution >= 4 is 25.9 Å². The van der Waals surface area contributed by atoms with Crippen molar-refractivity contribution in [1.82, 2.24) is 5.43 Å². The predicted molar refractivity (Wildman–Crippen MR) is 80.9 cm³/mol. The van der Waals surface area contributed by atoms with Crippen molar-refractivity contribution < 1.29 is 25.9 Å². The Kier molecular flexibility index (Phi) is 4.29. The first kappa shape index (κ1) is 16.5. The molecule has 0 amide bonds. The Morgan fingerprint density at radius 3 is 2.00 bits per heavy atom. The van der Waals surface area contributed by atoms with E-state index in [1.54, 1.807) is 24.3 Å². The van der Waals surface area contributed by atoms with Crippen LogP contribution in [0.2, 0.25) is 0 Å². The third-order valence-corrected chi connectivity index (χ3v) is 6.74. The Hall–Kier alpha value is -1.88. The molecule has 1 aromatic carbocycles. The number of allylic oxidation sites excluding steroid dienone is 2. The Balaban J connectivity index is 2.17. The van der Waals surface area contributed by atoms with Crippen LogP contribution in [0.3, 0.4) is 0 Å². The second-order valence-corrected chi connectivity index (χ2v) is 8.19. The Bertz CT molecular complexity index is 780. The van der Waals surface area contributed by atoms with Crippen LogP contribution < -0.4 is 10.9 Å². The van der Waals surface area contributed by atoms with E-state index in [4.69, 9.17) is 9.11 Å². The zero-order valence-electron chi connectivity index (χ0n) is 11.2. The molecule has 0 aliphatic heterocycles. The van der Waals surface area contributed by atoms with E-state index in [-0.39, 0.29) is 0 Å². The maximum absolute atomic E-state index is 11.3. The van der Waals surface area contributed by atoms with Crippen LogP contribution in [0.25, 0.3) is 0 Å². The quantitative estimate of drug-likeness (QED) is 0.457. The van der Waals surface area contributed by atoms with Gasteiger partial charge in [-0.1, -0.05) is 24.3 Å². The highest BCUT2D eigenvalue weighted by molar-refractivity contribution is 8.05. The molecule has 0 spiro atoms. The van der Waals surface area contributed by atoms with Crippen LogP contribution in [-0.2, 0) is 20.2 Å². The van der Waals surface area contributed by atoms with E-state index < -0.39 is 30.7 Å². The second-order valence-electron chi connectivity index (χ2n) is 4.57. The van der Waals surface area contributed by atoms with Crippen LogP contribution in [0.1, 0.15) is 6.42 Å². The molecular weight excluding hydrogens is 332 g/mol. The van der Waals surface area contributed by atoms with Crippen molar-refractivity contribution in [2.24, 2.45) is 0 Å². The smallest absolute Gasteiger partial charge is 0.291 e. The Morgan fingerprint density at radius 2 is 1.55 bits per heavy atom. The molecule has 1 aliphatic carbocycles. The summed E-state index contributed by atoms with van der Waals surface area (Å²) in [6, 6.07) is 8.99. The van der Waals surface area contributed by atoms with Gasteiger partial charge in [0.1, 0.15) is 0 Å². The molecule has 2 rings (SSSR count). The number of benzene rings is 1. The lowest BCUT2D eigenvalue weighted by Gasteiger charge is -2.26. The van der Waals surface area contributed by atoms with Crippen molar-refractivity contribution in [2.75, 3.05) is 5.43 Å². The van der Waals surface area contributed by atoms with Crippen molar-refractivity contribution in [3.63, 3.8) is 0 Å². The fourth-order valence-corrected chi connectivity index (χ4v) is 4.01. The highest BCUT2D eigenvalue weighted by atomic mass is 32.3. The molecule has 8 nitrogen and oxygen atoms in total. The van der Waals surface area contributed by atoms with Gasteiger partial charge in [0, 0.05) is 12.1 Å². The minimum Gasteiger partial charge on any atom is -0.301 e. The van der Waals surface area contributed by atoms with Crippen LogP contribution in [0.4, 0.5) is 5.69 Å². The van der Waals surface area contributed by atoms with E-state index in [0.29, 0.717) is 5.70 Å². The molecule has 0 unspecified atom stereocenters. The predicted octanol–water partition coefficient (Wildman–Crippen LogP) is 0.919. The minimum atomic E-state index is -5.05. The molecule has 4 N–H and O–H groups in total. The molecule has 0 atom stereocenters. The van der Waals surface area contributed by atoms with Gasteiger partial charge in [-0.2, -0.15) is 16.8 Å². The standard InChI is InChI=1S/C12H14N2O6S2/c15-21(16,17)12(22(18,19)20)8-6-11(7-9-12)14-13-10-4-2-1-3-5-10/h1-8,13-14H,9H2,(H,15,16,17)(H,18,19,20). The first-order valence-electron chi connectivity index (χ1n) is 6.06. The van der Waals surface area contributed by atoms with Crippen LogP contribution >= 0.6 is 0 Å². The molecule has 0 saturated carbocycles. The largest absolute Gasteiger partial charge is 0.301 e. The summed E-state index contributed by atoms with van der Waals surface area (Å²) in [5.41, 5.74) is 6.69. The van der Waals surface area contributed by atoms with E-state index >= 15 is 0 Å². The number of hydrogen-bond acceptors (Lipinski definition) is 6. The van der Waals surface area contributed by atoms with E-state index in [2.05, 4.69) is 10.9 Å². The van der Waals surface area contributed by atoms with Gasteiger partial charge in [-0.25, -0.2) is 0 Å². The van der Waals surface area contributed by atoms with Gasteiger partial charge in [-0.15, -0.1) is 0 Å². The van der Waals surface area contributed by atoms with Crippen LogP contribution in [0, 0.1) is 0 Å². The van der Waals surface area contributed by atoms with Gasteiger partial charge >= 0.3 is 0 Å². The summed E-state index contributed by atoms with van der Waals surface area (Å²) < 4.78 is 60.9. The lowest BCUT2D eigenvalue weighted by Crippen LogP contribution is -2.45.